The van der Waals surface area contributed by atoms with E-state index in [-0.39, 0.29) is 30.5 Å². The summed E-state index contributed by atoms with van der Waals surface area (Å²) >= 11 is 0. The molecule has 1 aliphatic carbocycles. The molecule has 0 aliphatic heterocycles. The second kappa shape index (κ2) is 7.64. The lowest BCUT2D eigenvalue weighted by Crippen LogP contribution is -2.46. The third kappa shape index (κ3) is 4.33. The van der Waals surface area contributed by atoms with Crippen molar-refractivity contribution in [3.8, 4) is 0 Å². The largest absolute Gasteiger partial charge is 0.396 e. The van der Waals surface area contributed by atoms with Crippen LogP contribution in [0.15, 0.2) is 24.3 Å². The maximum Gasteiger partial charge on any atom is 0.321 e. The molecule has 2 rings (SSSR count). The molecule has 1 saturated carbocycles. The van der Waals surface area contributed by atoms with Crippen molar-refractivity contribution in [2.24, 2.45) is 11.1 Å². The molecule has 0 atom stereocenters. The Morgan fingerprint density at radius 1 is 1.48 bits per heavy atom. The number of aliphatic hydroxyl groups excluding tert-OH is 1. The molecule has 4 N–H and O–H groups in total. The van der Waals surface area contributed by atoms with Gasteiger partial charge in [0, 0.05) is 31.2 Å². The predicted molar refractivity (Wildman–Crippen MR) is 86.6 cm³/mol. The highest BCUT2D eigenvalue weighted by molar-refractivity contribution is 5.89. The molecule has 0 heterocycles. The van der Waals surface area contributed by atoms with Crippen molar-refractivity contribution in [1.82, 2.24) is 4.90 Å². The molecule has 1 aromatic rings. The standard InChI is InChI=1S/C15H23N3O2.ClH/c1-18(10-15(11-19)6-3-7-15)14(20)17-13-5-2-4-12(8-13)9-16;/h2,4-5,8,19H,3,6-7,9-11,16H2,1H3,(H,17,20);1H. The minimum Gasteiger partial charge on any atom is -0.396 e. The summed E-state index contributed by atoms with van der Waals surface area (Å²) in [6.07, 6.45) is 3.11. The Hall–Kier alpha value is -1.30. The Bertz CT molecular complexity index is 472. The van der Waals surface area contributed by atoms with Gasteiger partial charge >= 0.3 is 6.03 Å². The monoisotopic (exact) mass is 313 g/mol. The van der Waals surface area contributed by atoms with Crippen LogP contribution in [0.25, 0.3) is 0 Å². The van der Waals surface area contributed by atoms with E-state index in [4.69, 9.17) is 5.73 Å². The number of rotatable bonds is 5. The average molecular weight is 314 g/mol. The normalized spacial score (nSPS) is 15.6. The first-order valence-electron chi connectivity index (χ1n) is 7.00. The van der Waals surface area contributed by atoms with E-state index in [1.54, 1.807) is 11.9 Å². The van der Waals surface area contributed by atoms with Gasteiger partial charge in [-0.3, -0.25) is 0 Å². The van der Waals surface area contributed by atoms with Gasteiger partial charge < -0.3 is 21.1 Å². The fourth-order valence-electron chi connectivity index (χ4n) is 2.61. The van der Waals surface area contributed by atoms with Crippen molar-refractivity contribution in [3.05, 3.63) is 29.8 Å². The van der Waals surface area contributed by atoms with Gasteiger partial charge in [0.2, 0.25) is 0 Å². The number of anilines is 1. The van der Waals surface area contributed by atoms with Gasteiger partial charge in [0.05, 0.1) is 6.61 Å². The number of benzene rings is 1. The van der Waals surface area contributed by atoms with E-state index < -0.39 is 0 Å². The third-order valence-electron chi connectivity index (χ3n) is 4.08. The highest BCUT2D eigenvalue weighted by Crippen LogP contribution is 2.40. The van der Waals surface area contributed by atoms with Gasteiger partial charge in [-0.1, -0.05) is 18.6 Å². The molecular weight excluding hydrogens is 290 g/mol. The number of urea groups is 1. The Morgan fingerprint density at radius 2 is 2.19 bits per heavy atom. The van der Waals surface area contributed by atoms with Crippen molar-refractivity contribution in [2.75, 3.05) is 25.5 Å². The number of nitrogens with two attached hydrogens (primary N) is 1. The van der Waals surface area contributed by atoms with Crippen LogP contribution in [0.4, 0.5) is 10.5 Å². The van der Waals surface area contributed by atoms with E-state index >= 15 is 0 Å². The summed E-state index contributed by atoms with van der Waals surface area (Å²) < 4.78 is 0. The van der Waals surface area contributed by atoms with Crippen LogP contribution in [0.5, 0.6) is 0 Å². The smallest absolute Gasteiger partial charge is 0.321 e. The summed E-state index contributed by atoms with van der Waals surface area (Å²) in [6.45, 7) is 1.19. The molecule has 21 heavy (non-hydrogen) atoms. The van der Waals surface area contributed by atoms with E-state index in [2.05, 4.69) is 5.32 Å². The Morgan fingerprint density at radius 3 is 2.71 bits per heavy atom. The summed E-state index contributed by atoms with van der Waals surface area (Å²) in [7, 11) is 1.76. The first-order chi connectivity index (χ1) is 9.58. The summed E-state index contributed by atoms with van der Waals surface area (Å²) in [5, 5.41) is 12.3. The molecule has 0 radical (unpaired) electrons. The fourth-order valence-corrected chi connectivity index (χ4v) is 2.61. The van der Waals surface area contributed by atoms with E-state index in [9.17, 15) is 9.90 Å². The first kappa shape index (κ1) is 17.8. The second-order valence-corrected chi connectivity index (χ2v) is 5.70. The van der Waals surface area contributed by atoms with Crippen LogP contribution in [-0.2, 0) is 6.54 Å². The molecule has 0 spiro atoms. The Balaban J connectivity index is 0.00000220. The van der Waals surface area contributed by atoms with Crippen LogP contribution in [-0.4, -0.2) is 36.2 Å². The molecule has 0 aromatic heterocycles. The maximum absolute atomic E-state index is 12.1. The second-order valence-electron chi connectivity index (χ2n) is 5.70. The molecule has 118 valence electrons. The summed E-state index contributed by atoms with van der Waals surface area (Å²) in [4.78, 5) is 13.8. The van der Waals surface area contributed by atoms with Crippen LogP contribution < -0.4 is 11.1 Å². The van der Waals surface area contributed by atoms with Crippen molar-refractivity contribution in [2.45, 2.75) is 25.8 Å². The van der Waals surface area contributed by atoms with E-state index in [1.165, 1.54) is 0 Å². The van der Waals surface area contributed by atoms with Crippen LogP contribution >= 0.6 is 12.4 Å². The minimum atomic E-state index is -0.154. The molecule has 6 heteroatoms. The molecule has 0 bridgehead atoms. The lowest BCUT2D eigenvalue weighted by molar-refractivity contribution is 0.0243. The molecule has 5 nitrogen and oxygen atoms in total. The molecule has 2 amide bonds. The van der Waals surface area contributed by atoms with Gasteiger partial charge in [0.25, 0.3) is 0 Å². The van der Waals surface area contributed by atoms with E-state index in [0.717, 1.165) is 30.5 Å². The van der Waals surface area contributed by atoms with Crippen molar-refractivity contribution < 1.29 is 9.90 Å². The lowest BCUT2D eigenvalue weighted by Gasteiger charge is -2.42. The zero-order valence-corrected chi connectivity index (χ0v) is 13.2. The third-order valence-corrected chi connectivity index (χ3v) is 4.08. The summed E-state index contributed by atoms with van der Waals surface area (Å²) in [5.74, 6) is 0. The van der Waals surface area contributed by atoms with Gasteiger partial charge in [0.1, 0.15) is 0 Å². The SMILES string of the molecule is CN(CC1(CO)CCC1)C(=O)Nc1cccc(CN)c1.Cl. The number of aliphatic hydroxyl groups is 1. The average Bonchev–Trinajstić information content (AvgIpc) is 2.42. The van der Waals surface area contributed by atoms with Crippen LogP contribution in [0, 0.1) is 5.41 Å². The molecular formula is C15H24ClN3O2. The van der Waals surface area contributed by atoms with E-state index in [0.29, 0.717) is 13.1 Å². The zero-order chi connectivity index (χ0) is 14.6. The highest BCUT2D eigenvalue weighted by Gasteiger charge is 2.38. The zero-order valence-electron chi connectivity index (χ0n) is 12.3. The van der Waals surface area contributed by atoms with Gasteiger partial charge in [-0.2, -0.15) is 0 Å². The Kier molecular flexibility index (Phi) is 6.45. The van der Waals surface area contributed by atoms with Crippen molar-refractivity contribution in [1.29, 1.82) is 0 Å². The van der Waals surface area contributed by atoms with Gasteiger partial charge in [-0.05, 0) is 30.5 Å². The number of halogens is 1. The molecule has 0 saturated heterocycles. The molecule has 1 fully saturated rings. The Labute approximate surface area is 131 Å². The van der Waals surface area contributed by atoms with Crippen LogP contribution in [0.2, 0.25) is 0 Å². The topological polar surface area (TPSA) is 78.6 Å². The fraction of sp³-hybridized carbons (Fsp3) is 0.533. The number of hydrogen-bond acceptors (Lipinski definition) is 3. The number of nitrogens with zero attached hydrogens (tertiary/aromatic N) is 1. The highest BCUT2D eigenvalue weighted by atomic mass is 35.5. The quantitative estimate of drug-likeness (QED) is 0.779. The summed E-state index contributed by atoms with van der Waals surface area (Å²) in [5.41, 5.74) is 7.22. The minimum absolute atomic E-state index is 0. The number of amides is 2. The van der Waals surface area contributed by atoms with Gasteiger partial charge in [0.15, 0.2) is 0 Å². The van der Waals surface area contributed by atoms with Crippen LogP contribution in [0.3, 0.4) is 0 Å². The molecule has 0 unspecified atom stereocenters. The predicted octanol–water partition coefficient (Wildman–Crippen LogP) is 2.19. The van der Waals surface area contributed by atoms with Crippen molar-refractivity contribution >= 4 is 24.1 Å². The number of hydrogen-bond donors (Lipinski definition) is 3. The molecule has 1 aromatic carbocycles. The number of carbonyl (C=O) groups excluding carboxylic acids is 1. The van der Waals surface area contributed by atoms with Gasteiger partial charge in [-0.15, -0.1) is 12.4 Å². The van der Waals surface area contributed by atoms with Crippen molar-refractivity contribution in [3.63, 3.8) is 0 Å². The number of nitrogens with one attached hydrogen (secondary N) is 1. The first-order valence-corrected chi connectivity index (χ1v) is 7.00. The summed E-state index contributed by atoms with van der Waals surface area (Å²) in [6, 6.07) is 7.36. The maximum atomic E-state index is 12.1. The lowest BCUT2D eigenvalue weighted by atomic mass is 9.69. The van der Waals surface area contributed by atoms with E-state index in [1.807, 2.05) is 24.3 Å². The molecule has 1 aliphatic rings. The van der Waals surface area contributed by atoms with Crippen LogP contribution in [0.1, 0.15) is 24.8 Å². The van der Waals surface area contributed by atoms with Gasteiger partial charge in [-0.25, -0.2) is 4.79 Å². The number of carbonyl (C=O) groups is 1.